The average molecular weight is 398 g/mol. The van der Waals surface area contributed by atoms with Gasteiger partial charge in [0, 0.05) is 26.2 Å². The summed E-state index contributed by atoms with van der Waals surface area (Å²) in [4.78, 5) is 6.55. The van der Waals surface area contributed by atoms with Gasteiger partial charge in [-0.3, -0.25) is 4.99 Å². The van der Waals surface area contributed by atoms with Gasteiger partial charge >= 0.3 is 0 Å². The van der Waals surface area contributed by atoms with Crippen LogP contribution >= 0.6 is 24.0 Å². The van der Waals surface area contributed by atoms with Gasteiger partial charge < -0.3 is 15.5 Å². The Morgan fingerprint density at radius 1 is 1.20 bits per heavy atom. The van der Waals surface area contributed by atoms with Crippen LogP contribution in [0, 0.1) is 5.92 Å². The molecular weight excluding hydrogens is 363 g/mol. The highest BCUT2D eigenvalue weighted by Gasteiger charge is 2.05. The number of rotatable bonds is 9. The van der Waals surface area contributed by atoms with Crippen molar-refractivity contribution >= 4 is 29.9 Å². The van der Waals surface area contributed by atoms with Crippen LogP contribution in [0.25, 0.3) is 0 Å². The molecule has 0 aromatic heterocycles. The van der Waals surface area contributed by atoms with E-state index >= 15 is 0 Å². The molecule has 0 amide bonds. The Hall–Kier alpha value is -0.0400. The topological polar surface area (TPSA) is 39.7 Å². The third-order valence-corrected chi connectivity index (χ3v) is 3.35. The Bertz CT molecular complexity index is 244. The highest BCUT2D eigenvalue weighted by atomic mass is 127. The second kappa shape index (κ2) is 13.9. The van der Waals surface area contributed by atoms with Crippen LogP contribution in [0.2, 0.25) is 0 Å². The lowest BCUT2D eigenvalue weighted by molar-refractivity contribution is 0.356. The van der Waals surface area contributed by atoms with Gasteiger partial charge in [0.05, 0.1) is 0 Å². The van der Waals surface area contributed by atoms with Gasteiger partial charge in [0.2, 0.25) is 0 Å². The summed E-state index contributed by atoms with van der Waals surface area (Å²) in [5, 5.41) is 6.81. The largest absolute Gasteiger partial charge is 0.355 e. The number of aliphatic imine (C=N–C) groups is 1. The molecule has 0 saturated heterocycles. The molecule has 0 bridgehead atoms. The molecule has 0 aromatic rings. The fourth-order valence-electron chi connectivity index (χ4n) is 1.86. The Kier molecular flexibility index (Phi) is 15.5. The van der Waals surface area contributed by atoms with Crippen molar-refractivity contribution in [1.29, 1.82) is 0 Å². The van der Waals surface area contributed by atoms with Crippen molar-refractivity contribution in [3.8, 4) is 0 Å². The number of nitrogens with one attached hydrogen (secondary N) is 2. The van der Waals surface area contributed by atoms with Crippen molar-refractivity contribution in [3.63, 3.8) is 0 Å². The third-order valence-electron chi connectivity index (χ3n) is 3.35. The molecule has 20 heavy (non-hydrogen) atoms. The molecule has 1 unspecified atom stereocenters. The van der Waals surface area contributed by atoms with Crippen molar-refractivity contribution < 1.29 is 0 Å². The number of likely N-dealkylation sites (N-methyl/N-ethyl adjacent to an activating group) is 1. The van der Waals surface area contributed by atoms with Crippen LogP contribution in [-0.4, -0.2) is 50.6 Å². The zero-order valence-electron chi connectivity index (χ0n) is 14.2. The first kappa shape index (κ1) is 22.2. The molecule has 0 fully saturated rings. The quantitative estimate of drug-likeness (QED) is 0.357. The van der Waals surface area contributed by atoms with Crippen molar-refractivity contribution in [3.05, 3.63) is 0 Å². The Labute approximate surface area is 143 Å². The van der Waals surface area contributed by atoms with Gasteiger partial charge in [0.1, 0.15) is 0 Å². The van der Waals surface area contributed by atoms with Crippen LogP contribution in [0.1, 0.15) is 47.0 Å². The predicted molar refractivity (Wildman–Crippen MR) is 101 cm³/mol. The number of halogens is 1. The number of hydrogen-bond donors (Lipinski definition) is 2. The number of nitrogens with zero attached hydrogens (tertiary/aromatic N) is 2. The first-order chi connectivity index (χ1) is 8.99. The van der Waals surface area contributed by atoms with Crippen molar-refractivity contribution in [2.24, 2.45) is 10.9 Å². The SMILES string of the molecule is CCN(C)CCNC(=NC)NC(C)CCCC(C)C.I. The third kappa shape index (κ3) is 13.0. The molecule has 0 radical (unpaired) electrons. The van der Waals surface area contributed by atoms with Crippen molar-refractivity contribution in [2.75, 3.05) is 33.7 Å². The van der Waals surface area contributed by atoms with E-state index < -0.39 is 0 Å². The summed E-state index contributed by atoms with van der Waals surface area (Å²) in [7, 11) is 3.96. The normalized spacial score (nSPS) is 13.3. The zero-order valence-corrected chi connectivity index (χ0v) is 16.5. The molecule has 0 aliphatic heterocycles. The van der Waals surface area contributed by atoms with E-state index in [0.717, 1.165) is 31.5 Å². The van der Waals surface area contributed by atoms with E-state index in [2.05, 4.69) is 55.3 Å². The molecule has 5 heteroatoms. The Morgan fingerprint density at radius 3 is 2.35 bits per heavy atom. The first-order valence-corrected chi connectivity index (χ1v) is 7.65. The number of guanidine groups is 1. The molecule has 0 aromatic carbocycles. The minimum atomic E-state index is 0. The summed E-state index contributed by atoms with van der Waals surface area (Å²) in [6.45, 7) is 12.0. The second-order valence-electron chi connectivity index (χ2n) is 5.77. The molecular formula is C15H35IN4. The molecule has 2 N–H and O–H groups in total. The van der Waals surface area contributed by atoms with Gasteiger partial charge in [-0.2, -0.15) is 0 Å². The fourth-order valence-corrected chi connectivity index (χ4v) is 1.86. The molecule has 0 saturated carbocycles. The molecule has 0 rings (SSSR count). The van der Waals surface area contributed by atoms with Gasteiger partial charge in [-0.15, -0.1) is 24.0 Å². The van der Waals surface area contributed by atoms with E-state index in [0.29, 0.717) is 6.04 Å². The highest BCUT2D eigenvalue weighted by Crippen LogP contribution is 2.07. The van der Waals surface area contributed by atoms with E-state index in [4.69, 9.17) is 0 Å². The monoisotopic (exact) mass is 398 g/mol. The lowest BCUT2D eigenvalue weighted by atomic mass is 10.0. The van der Waals surface area contributed by atoms with Crippen LogP contribution in [0.5, 0.6) is 0 Å². The summed E-state index contributed by atoms with van der Waals surface area (Å²) >= 11 is 0. The standard InChI is InChI=1S/C15H34N4.HI/c1-7-19(6)12-11-17-15(16-5)18-14(4)10-8-9-13(2)3;/h13-14H,7-12H2,1-6H3,(H2,16,17,18);1H. The maximum atomic E-state index is 4.27. The van der Waals surface area contributed by atoms with Gasteiger partial charge in [-0.1, -0.05) is 33.6 Å². The summed E-state index contributed by atoms with van der Waals surface area (Å²) in [5.41, 5.74) is 0. The zero-order chi connectivity index (χ0) is 14.7. The van der Waals surface area contributed by atoms with Gasteiger partial charge in [0.15, 0.2) is 5.96 Å². The second-order valence-corrected chi connectivity index (χ2v) is 5.77. The van der Waals surface area contributed by atoms with E-state index in [-0.39, 0.29) is 24.0 Å². The molecule has 0 aliphatic carbocycles. The minimum Gasteiger partial charge on any atom is -0.355 e. The summed E-state index contributed by atoms with van der Waals surface area (Å²) in [6, 6.07) is 0.480. The fraction of sp³-hybridized carbons (Fsp3) is 0.933. The first-order valence-electron chi connectivity index (χ1n) is 7.65. The smallest absolute Gasteiger partial charge is 0.191 e. The molecule has 0 spiro atoms. The van der Waals surface area contributed by atoms with E-state index in [1.165, 1.54) is 19.3 Å². The van der Waals surface area contributed by atoms with Crippen molar-refractivity contribution in [1.82, 2.24) is 15.5 Å². The maximum Gasteiger partial charge on any atom is 0.191 e. The van der Waals surface area contributed by atoms with Gasteiger partial charge in [-0.25, -0.2) is 0 Å². The Morgan fingerprint density at radius 2 is 1.85 bits per heavy atom. The minimum absolute atomic E-state index is 0. The summed E-state index contributed by atoms with van der Waals surface area (Å²) in [5.74, 6) is 1.72. The lowest BCUT2D eigenvalue weighted by Crippen LogP contribution is -2.44. The van der Waals surface area contributed by atoms with E-state index in [9.17, 15) is 0 Å². The van der Waals surface area contributed by atoms with E-state index in [1.54, 1.807) is 0 Å². The predicted octanol–water partition coefficient (Wildman–Crippen LogP) is 2.94. The molecule has 122 valence electrons. The molecule has 4 nitrogen and oxygen atoms in total. The van der Waals surface area contributed by atoms with Crippen molar-refractivity contribution in [2.45, 2.75) is 53.0 Å². The summed E-state index contributed by atoms with van der Waals surface area (Å²) < 4.78 is 0. The van der Waals surface area contributed by atoms with E-state index in [1.807, 2.05) is 7.05 Å². The van der Waals surface area contributed by atoms with Crippen LogP contribution in [0.4, 0.5) is 0 Å². The maximum absolute atomic E-state index is 4.27. The summed E-state index contributed by atoms with van der Waals surface area (Å²) in [6.07, 6.45) is 3.79. The molecule has 0 heterocycles. The van der Waals surface area contributed by atoms with Crippen LogP contribution in [-0.2, 0) is 0 Å². The van der Waals surface area contributed by atoms with Gasteiger partial charge in [0.25, 0.3) is 0 Å². The van der Waals surface area contributed by atoms with Gasteiger partial charge in [-0.05, 0) is 32.9 Å². The Balaban J connectivity index is 0. The average Bonchev–Trinajstić information content (AvgIpc) is 2.36. The molecule has 1 atom stereocenters. The van der Waals surface area contributed by atoms with Crippen LogP contribution < -0.4 is 10.6 Å². The molecule has 0 aliphatic rings. The van der Waals surface area contributed by atoms with Crippen LogP contribution in [0.3, 0.4) is 0 Å². The lowest BCUT2D eigenvalue weighted by Gasteiger charge is -2.20. The van der Waals surface area contributed by atoms with Crippen LogP contribution in [0.15, 0.2) is 4.99 Å². The highest BCUT2D eigenvalue weighted by molar-refractivity contribution is 14.0. The number of hydrogen-bond acceptors (Lipinski definition) is 2.